The average Bonchev–Trinajstić information content (AvgIpc) is 2.51. The van der Waals surface area contributed by atoms with Crippen molar-refractivity contribution in [1.82, 2.24) is 4.31 Å². The first-order chi connectivity index (χ1) is 6.89. The van der Waals surface area contributed by atoms with Gasteiger partial charge in [0.1, 0.15) is 0 Å². The van der Waals surface area contributed by atoms with Crippen molar-refractivity contribution in [3.63, 3.8) is 0 Å². The van der Waals surface area contributed by atoms with Crippen LogP contribution in [-0.4, -0.2) is 42.3 Å². The Morgan fingerprint density at radius 3 is 2.33 bits per heavy atom. The monoisotopic (exact) mass is 233 g/mol. The van der Waals surface area contributed by atoms with Crippen LogP contribution in [0.2, 0.25) is 0 Å². The highest BCUT2D eigenvalue weighted by molar-refractivity contribution is 7.89. The molecule has 4 nitrogen and oxygen atoms in total. The van der Waals surface area contributed by atoms with Gasteiger partial charge in [-0.3, -0.25) is 0 Å². The Hall–Kier alpha value is -0.130. The van der Waals surface area contributed by atoms with Crippen LogP contribution in [-0.2, 0) is 10.0 Å². The second-order valence-corrected chi connectivity index (χ2v) is 7.21. The van der Waals surface area contributed by atoms with Gasteiger partial charge in [-0.15, -0.1) is 0 Å². The predicted octanol–water partition coefficient (Wildman–Crippen LogP) is 0.573. The molecule has 0 aromatic carbocycles. The van der Waals surface area contributed by atoms with Gasteiger partial charge in [-0.05, 0) is 25.7 Å². The minimum Gasteiger partial charge on any atom is -0.387 e. The van der Waals surface area contributed by atoms with Crippen molar-refractivity contribution < 1.29 is 13.5 Å². The van der Waals surface area contributed by atoms with Gasteiger partial charge in [0.15, 0.2) is 0 Å². The molecule has 0 unspecified atom stereocenters. The Morgan fingerprint density at radius 2 is 1.87 bits per heavy atom. The summed E-state index contributed by atoms with van der Waals surface area (Å²) in [6.07, 6.45) is 4.42. The van der Waals surface area contributed by atoms with Gasteiger partial charge in [0, 0.05) is 13.1 Å². The third-order valence-electron chi connectivity index (χ3n) is 3.35. The standard InChI is InChI=1S/C10H19NO3S/c1-10(12)7-11(8-10)15(13,14)6-9-4-2-3-5-9/h9,12H,2-8H2,1H3. The summed E-state index contributed by atoms with van der Waals surface area (Å²) in [5, 5.41) is 9.50. The summed E-state index contributed by atoms with van der Waals surface area (Å²) < 4.78 is 25.2. The minimum absolute atomic E-state index is 0.266. The van der Waals surface area contributed by atoms with E-state index in [1.54, 1.807) is 6.92 Å². The molecule has 1 aliphatic heterocycles. The molecule has 0 aromatic rings. The molecule has 0 bridgehead atoms. The first-order valence-electron chi connectivity index (χ1n) is 5.59. The van der Waals surface area contributed by atoms with E-state index in [9.17, 15) is 13.5 Å². The van der Waals surface area contributed by atoms with E-state index >= 15 is 0 Å². The zero-order valence-electron chi connectivity index (χ0n) is 9.15. The van der Waals surface area contributed by atoms with Crippen molar-refractivity contribution in [2.75, 3.05) is 18.8 Å². The van der Waals surface area contributed by atoms with E-state index in [1.807, 2.05) is 0 Å². The van der Waals surface area contributed by atoms with Crippen molar-refractivity contribution in [2.24, 2.45) is 5.92 Å². The smallest absolute Gasteiger partial charge is 0.214 e. The number of sulfonamides is 1. The highest BCUT2D eigenvalue weighted by Gasteiger charge is 2.43. The Labute approximate surface area is 91.3 Å². The van der Waals surface area contributed by atoms with Crippen LogP contribution in [0.15, 0.2) is 0 Å². The number of hydrogen-bond donors (Lipinski definition) is 1. The van der Waals surface area contributed by atoms with Gasteiger partial charge in [0.2, 0.25) is 10.0 Å². The molecule has 0 amide bonds. The molecule has 0 spiro atoms. The molecule has 0 radical (unpaired) electrons. The van der Waals surface area contributed by atoms with Crippen LogP contribution in [0.3, 0.4) is 0 Å². The Kier molecular flexibility index (Phi) is 2.81. The first kappa shape index (κ1) is 11.4. The summed E-state index contributed by atoms with van der Waals surface area (Å²) in [6.45, 7) is 2.21. The molecule has 1 aliphatic carbocycles. The maximum Gasteiger partial charge on any atom is 0.214 e. The number of β-amino-alcohol motifs (C(OH)–C–C–N with tert-alkyl or cyclic N) is 1. The number of rotatable bonds is 3. The average molecular weight is 233 g/mol. The fourth-order valence-corrected chi connectivity index (χ4v) is 4.58. The van der Waals surface area contributed by atoms with Crippen LogP contribution in [0.4, 0.5) is 0 Å². The minimum atomic E-state index is -3.10. The van der Waals surface area contributed by atoms with Crippen molar-refractivity contribution in [3.05, 3.63) is 0 Å². The summed E-state index contributed by atoms with van der Waals surface area (Å²) in [6, 6.07) is 0. The van der Waals surface area contributed by atoms with E-state index in [4.69, 9.17) is 0 Å². The molecule has 88 valence electrons. The molecular formula is C10H19NO3S. The van der Waals surface area contributed by atoms with E-state index in [-0.39, 0.29) is 18.8 Å². The molecule has 5 heteroatoms. The number of hydrogen-bond acceptors (Lipinski definition) is 3. The summed E-state index contributed by atoms with van der Waals surface area (Å²) in [5.74, 6) is 0.629. The van der Waals surface area contributed by atoms with Crippen LogP contribution in [0.5, 0.6) is 0 Å². The van der Waals surface area contributed by atoms with E-state index < -0.39 is 15.6 Å². The fraction of sp³-hybridized carbons (Fsp3) is 1.00. The van der Waals surface area contributed by atoms with E-state index in [0.717, 1.165) is 25.7 Å². The maximum atomic E-state index is 11.9. The lowest BCUT2D eigenvalue weighted by Gasteiger charge is -2.43. The highest BCUT2D eigenvalue weighted by Crippen LogP contribution is 2.30. The lowest BCUT2D eigenvalue weighted by atomic mass is 10.0. The van der Waals surface area contributed by atoms with Crippen LogP contribution in [0, 0.1) is 5.92 Å². The lowest BCUT2D eigenvalue weighted by molar-refractivity contribution is -0.0427. The van der Waals surface area contributed by atoms with E-state index in [0.29, 0.717) is 5.92 Å². The van der Waals surface area contributed by atoms with E-state index in [1.165, 1.54) is 4.31 Å². The molecule has 1 N–H and O–H groups in total. The molecule has 2 fully saturated rings. The number of aliphatic hydroxyl groups is 1. The third-order valence-corrected chi connectivity index (χ3v) is 5.29. The zero-order valence-corrected chi connectivity index (χ0v) is 9.96. The zero-order chi connectivity index (χ0) is 11.1. The Balaban J connectivity index is 1.90. The Bertz CT molecular complexity index is 323. The first-order valence-corrected chi connectivity index (χ1v) is 7.20. The van der Waals surface area contributed by atoms with Gasteiger partial charge in [-0.1, -0.05) is 12.8 Å². The van der Waals surface area contributed by atoms with Gasteiger partial charge in [-0.2, -0.15) is 4.31 Å². The molecule has 15 heavy (non-hydrogen) atoms. The highest BCUT2D eigenvalue weighted by atomic mass is 32.2. The van der Waals surface area contributed by atoms with Gasteiger partial charge in [0.05, 0.1) is 11.4 Å². The van der Waals surface area contributed by atoms with Gasteiger partial charge in [0.25, 0.3) is 0 Å². The summed E-state index contributed by atoms with van der Waals surface area (Å²) in [4.78, 5) is 0. The quantitative estimate of drug-likeness (QED) is 0.775. The van der Waals surface area contributed by atoms with Gasteiger partial charge < -0.3 is 5.11 Å². The summed E-state index contributed by atoms with van der Waals surface area (Å²) in [5.41, 5.74) is -0.803. The lowest BCUT2D eigenvalue weighted by Crippen LogP contribution is -2.62. The second-order valence-electron chi connectivity index (χ2n) is 5.19. The van der Waals surface area contributed by atoms with Crippen molar-refractivity contribution in [2.45, 2.75) is 38.2 Å². The Morgan fingerprint density at radius 1 is 1.33 bits per heavy atom. The topological polar surface area (TPSA) is 57.6 Å². The van der Waals surface area contributed by atoms with Crippen molar-refractivity contribution in [3.8, 4) is 0 Å². The molecule has 0 aromatic heterocycles. The van der Waals surface area contributed by atoms with Crippen LogP contribution >= 0.6 is 0 Å². The molecular weight excluding hydrogens is 214 g/mol. The normalized spacial score (nSPS) is 27.9. The SMILES string of the molecule is CC1(O)CN(S(=O)(=O)CC2CCCC2)C1. The van der Waals surface area contributed by atoms with Crippen molar-refractivity contribution in [1.29, 1.82) is 0 Å². The molecule has 0 atom stereocenters. The van der Waals surface area contributed by atoms with Crippen LogP contribution in [0.1, 0.15) is 32.6 Å². The van der Waals surface area contributed by atoms with Crippen LogP contribution < -0.4 is 0 Å². The molecule has 1 saturated carbocycles. The largest absolute Gasteiger partial charge is 0.387 e. The predicted molar refractivity (Wildman–Crippen MR) is 57.9 cm³/mol. The van der Waals surface area contributed by atoms with E-state index in [2.05, 4.69) is 0 Å². The summed E-state index contributed by atoms with van der Waals surface area (Å²) >= 11 is 0. The molecule has 1 heterocycles. The molecule has 2 aliphatic rings. The number of nitrogens with zero attached hydrogens (tertiary/aromatic N) is 1. The molecule has 1 saturated heterocycles. The van der Waals surface area contributed by atoms with Gasteiger partial charge >= 0.3 is 0 Å². The third kappa shape index (κ3) is 2.52. The van der Waals surface area contributed by atoms with Crippen molar-refractivity contribution >= 4 is 10.0 Å². The van der Waals surface area contributed by atoms with Crippen LogP contribution in [0.25, 0.3) is 0 Å². The van der Waals surface area contributed by atoms with Gasteiger partial charge in [-0.25, -0.2) is 8.42 Å². The molecule has 2 rings (SSSR count). The second kappa shape index (κ2) is 3.71. The fourth-order valence-electron chi connectivity index (χ4n) is 2.49. The summed E-state index contributed by atoms with van der Waals surface area (Å²) in [7, 11) is -3.10. The maximum absolute atomic E-state index is 11.9.